The molecule has 0 spiro atoms. The molecule has 0 aromatic carbocycles. The second kappa shape index (κ2) is 5.70. The van der Waals surface area contributed by atoms with Crippen LogP contribution in [0.2, 0.25) is 0 Å². The summed E-state index contributed by atoms with van der Waals surface area (Å²) in [6, 6.07) is 0. The molecule has 0 radical (unpaired) electrons. The van der Waals surface area contributed by atoms with Gasteiger partial charge in [-0.2, -0.15) is 12.6 Å². The molecule has 1 unspecified atom stereocenters. The highest BCUT2D eigenvalue weighted by Crippen LogP contribution is 1.93. The van der Waals surface area contributed by atoms with Crippen molar-refractivity contribution < 1.29 is 0 Å². The highest BCUT2D eigenvalue weighted by atomic mass is 32.1. The van der Waals surface area contributed by atoms with Crippen LogP contribution in [0.1, 0.15) is 6.92 Å². The molecule has 0 amide bonds. The maximum Gasteiger partial charge on any atom is 0.0171 e. The van der Waals surface area contributed by atoms with Crippen molar-refractivity contribution in [1.82, 2.24) is 0 Å². The summed E-state index contributed by atoms with van der Waals surface area (Å²) in [6.07, 6.45) is 9.52. The summed E-state index contributed by atoms with van der Waals surface area (Å²) < 4.78 is 0. The minimum Gasteiger partial charge on any atom is -0.172 e. The second-order valence-electron chi connectivity index (χ2n) is 1.75. The first-order valence-corrected chi connectivity index (χ1v) is 3.43. The first-order valence-electron chi connectivity index (χ1n) is 2.91. The van der Waals surface area contributed by atoms with E-state index in [0.717, 1.165) is 0 Å². The SMILES string of the molecule is C=CC=CC=CC(C)S. The van der Waals surface area contributed by atoms with Gasteiger partial charge in [0.15, 0.2) is 0 Å². The van der Waals surface area contributed by atoms with Crippen molar-refractivity contribution in [2.75, 3.05) is 0 Å². The summed E-state index contributed by atoms with van der Waals surface area (Å²) in [7, 11) is 0. The van der Waals surface area contributed by atoms with Gasteiger partial charge in [0.25, 0.3) is 0 Å². The van der Waals surface area contributed by atoms with Gasteiger partial charge in [0, 0.05) is 5.25 Å². The van der Waals surface area contributed by atoms with Gasteiger partial charge < -0.3 is 0 Å². The van der Waals surface area contributed by atoms with Gasteiger partial charge in [0.2, 0.25) is 0 Å². The summed E-state index contributed by atoms with van der Waals surface area (Å²) in [5.74, 6) is 0. The van der Waals surface area contributed by atoms with E-state index in [4.69, 9.17) is 0 Å². The normalized spacial score (nSPS) is 14.9. The molecule has 0 aromatic rings. The largest absolute Gasteiger partial charge is 0.172 e. The highest BCUT2D eigenvalue weighted by molar-refractivity contribution is 7.81. The van der Waals surface area contributed by atoms with Gasteiger partial charge in [-0.1, -0.05) is 37.0 Å². The fourth-order valence-electron chi connectivity index (χ4n) is 0.368. The summed E-state index contributed by atoms with van der Waals surface area (Å²) in [5, 5.41) is 0.333. The van der Waals surface area contributed by atoms with Gasteiger partial charge in [-0.05, 0) is 6.92 Å². The molecule has 0 fully saturated rings. The second-order valence-corrected chi connectivity index (χ2v) is 2.56. The summed E-state index contributed by atoms with van der Waals surface area (Å²) in [5.41, 5.74) is 0. The Kier molecular flexibility index (Phi) is 5.43. The predicted octanol–water partition coefficient (Wildman–Crippen LogP) is 2.60. The van der Waals surface area contributed by atoms with E-state index in [1.54, 1.807) is 6.08 Å². The Balaban J connectivity index is 3.46. The Labute approximate surface area is 62.4 Å². The Morgan fingerprint density at radius 3 is 2.44 bits per heavy atom. The average molecular weight is 140 g/mol. The van der Waals surface area contributed by atoms with Crippen molar-refractivity contribution in [2.24, 2.45) is 0 Å². The monoisotopic (exact) mass is 140 g/mol. The van der Waals surface area contributed by atoms with Gasteiger partial charge in [-0.15, -0.1) is 0 Å². The molecule has 0 saturated heterocycles. The fourth-order valence-corrected chi connectivity index (χ4v) is 0.467. The molecule has 1 heteroatoms. The molecular formula is C8H12S. The quantitative estimate of drug-likeness (QED) is 0.452. The minimum absolute atomic E-state index is 0.333. The lowest BCUT2D eigenvalue weighted by molar-refractivity contribution is 1.26. The molecular weight excluding hydrogens is 128 g/mol. The zero-order chi connectivity index (χ0) is 7.11. The van der Waals surface area contributed by atoms with Crippen LogP contribution in [0.4, 0.5) is 0 Å². The van der Waals surface area contributed by atoms with E-state index in [1.807, 2.05) is 31.2 Å². The first-order chi connectivity index (χ1) is 4.27. The van der Waals surface area contributed by atoms with Crippen LogP contribution in [0.25, 0.3) is 0 Å². The molecule has 0 aliphatic heterocycles. The molecule has 9 heavy (non-hydrogen) atoms. The molecule has 0 aliphatic rings. The summed E-state index contributed by atoms with van der Waals surface area (Å²) >= 11 is 4.15. The van der Waals surface area contributed by atoms with Crippen LogP contribution in [-0.4, -0.2) is 5.25 Å². The minimum atomic E-state index is 0.333. The van der Waals surface area contributed by atoms with Gasteiger partial charge >= 0.3 is 0 Å². The smallest absolute Gasteiger partial charge is 0.0171 e. The Morgan fingerprint density at radius 1 is 1.33 bits per heavy atom. The average Bonchev–Trinajstić information content (AvgIpc) is 1.80. The lowest BCUT2D eigenvalue weighted by Gasteiger charge is -1.87. The van der Waals surface area contributed by atoms with Crippen LogP contribution >= 0.6 is 12.6 Å². The Hall–Kier alpha value is -0.430. The van der Waals surface area contributed by atoms with Crippen LogP contribution in [0.3, 0.4) is 0 Å². The molecule has 0 rings (SSSR count). The van der Waals surface area contributed by atoms with Crippen molar-refractivity contribution in [3.8, 4) is 0 Å². The third-order valence-electron chi connectivity index (χ3n) is 0.748. The Morgan fingerprint density at radius 2 is 2.00 bits per heavy atom. The lowest BCUT2D eigenvalue weighted by Crippen LogP contribution is -1.78. The maximum absolute atomic E-state index is 4.15. The van der Waals surface area contributed by atoms with Crippen LogP contribution < -0.4 is 0 Å². The van der Waals surface area contributed by atoms with Gasteiger partial charge in [0.1, 0.15) is 0 Å². The molecule has 0 bridgehead atoms. The van der Waals surface area contributed by atoms with Gasteiger partial charge in [0.05, 0.1) is 0 Å². The predicted molar refractivity (Wildman–Crippen MR) is 46.9 cm³/mol. The number of thiol groups is 1. The summed E-state index contributed by atoms with van der Waals surface area (Å²) in [4.78, 5) is 0. The van der Waals surface area contributed by atoms with Crippen molar-refractivity contribution in [3.63, 3.8) is 0 Å². The maximum atomic E-state index is 4.15. The number of hydrogen-bond donors (Lipinski definition) is 1. The van der Waals surface area contributed by atoms with Crippen LogP contribution in [0, 0.1) is 0 Å². The Bertz CT molecular complexity index is 121. The first kappa shape index (κ1) is 8.57. The van der Waals surface area contributed by atoms with E-state index < -0.39 is 0 Å². The van der Waals surface area contributed by atoms with E-state index in [2.05, 4.69) is 19.2 Å². The van der Waals surface area contributed by atoms with Crippen LogP contribution in [-0.2, 0) is 0 Å². The van der Waals surface area contributed by atoms with Crippen LogP contribution in [0.15, 0.2) is 37.0 Å². The molecule has 0 N–H and O–H groups in total. The molecule has 0 nitrogen and oxygen atoms in total. The zero-order valence-corrected chi connectivity index (χ0v) is 6.51. The zero-order valence-electron chi connectivity index (χ0n) is 5.62. The van der Waals surface area contributed by atoms with Crippen LogP contribution in [0.5, 0.6) is 0 Å². The van der Waals surface area contributed by atoms with E-state index in [-0.39, 0.29) is 0 Å². The highest BCUT2D eigenvalue weighted by Gasteiger charge is 1.78. The topological polar surface area (TPSA) is 0 Å². The van der Waals surface area contributed by atoms with E-state index in [9.17, 15) is 0 Å². The van der Waals surface area contributed by atoms with Gasteiger partial charge in [-0.3, -0.25) is 0 Å². The third kappa shape index (κ3) is 7.57. The molecule has 1 atom stereocenters. The van der Waals surface area contributed by atoms with Crippen molar-refractivity contribution in [3.05, 3.63) is 37.0 Å². The lowest BCUT2D eigenvalue weighted by atomic mass is 10.4. The van der Waals surface area contributed by atoms with E-state index in [0.29, 0.717) is 5.25 Å². The van der Waals surface area contributed by atoms with E-state index >= 15 is 0 Å². The number of hydrogen-bond acceptors (Lipinski definition) is 1. The molecule has 0 aliphatic carbocycles. The molecule has 0 saturated carbocycles. The fraction of sp³-hybridized carbons (Fsp3) is 0.250. The number of allylic oxidation sites excluding steroid dienone is 4. The van der Waals surface area contributed by atoms with Crippen molar-refractivity contribution in [1.29, 1.82) is 0 Å². The summed E-state index contributed by atoms with van der Waals surface area (Å²) in [6.45, 7) is 5.55. The van der Waals surface area contributed by atoms with Gasteiger partial charge in [-0.25, -0.2) is 0 Å². The van der Waals surface area contributed by atoms with Crippen molar-refractivity contribution in [2.45, 2.75) is 12.2 Å². The van der Waals surface area contributed by atoms with E-state index in [1.165, 1.54) is 0 Å². The molecule has 0 aromatic heterocycles. The van der Waals surface area contributed by atoms with Crippen molar-refractivity contribution >= 4 is 12.6 Å². The third-order valence-corrected chi connectivity index (χ3v) is 0.920. The number of rotatable bonds is 3. The molecule has 0 heterocycles. The standard InChI is InChI=1S/C8H12S/c1-3-4-5-6-7-8(2)9/h3-9H,1H2,2H3. The molecule has 50 valence electrons.